The maximum atomic E-state index is 8.92. The molecule has 1 aliphatic rings. The van der Waals surface area contributed by atoms with Crippen LogP contribution in [0, 0.1) is 11.3 Å². The first kappa shape index (κ1) is 12.4. The third-order valence-corrected chi connectivity index (χ3v) is 3.29. The van der Waals surface area contributed by atoms with Crippen molar-refractivity contribution in [3.63, 3.8) is 0 Å². The Bertz CT molecular complexity index is 800. The SMILES string of the molecule is N#Cc1ccc(Cl)c(N=C2N=C(N)c3ccccc32)c1. The van der Waals surface area contributed by atoms with E-state index in [0.29, 0.717) is 27.9 Å². The van der Waals surface area contributed by atoms with Gasteiger partial charge in [0.25, 0.3) is 0 Å². The molecule has 0 saturated heterocycles. The normalized spacial score (nSPS) is 14.8. The average Bonchev–Trinajstić information content (AvgIpc) is 2.78. The van der Waals surface area contributed by atoms with Gasteiger partial charge < -0.3 is 5.73 Å². The molecule has 0 fully saturated rings. The number of hydrogen-bond acceptors (Lipinski definition) is 3. The zero-order chi connectivity index (χ0) is 14.1. The van der Waals surface area contributed by atoms with Gasteiger partial charge in [0.2, 0.25) is 0 Å². The molecule has 1 heterocycles. The van der Waals surface area contributed by atoms with Crippen molar-refractivity contribution in [2.45, 2.75) is 0 Å². The van der Waals surface area contributed by atoms with Gasteiger partial charge in [0.05, 0.1) is 22.3 Å². The van der Waals surface area contributed by atoms with Crippen LogP contribution in [-0.4, -0.2) is 11.7 Å². The van der Waals surface area contributed by atoms with Crippen LogP contribution < -0.4 is 5.73 Å². The number of nitrogens with zero attached hydrogens (tertiary/aromatic N) is 3. The van der Waals surface area contributed by atoms with E-state index in [1.165, 1.54) is 0 Å². The van der Waals surface area contributed by atoms with Crippen LogP contribution in [-0.2, 0) is 0 Å². The average molecular weight is 281 g/mol. The summed E-state index contributed by atoms with van der Waals surface area (Å²) in [6.07, 6.45) is 0. The zero-order valence-corrected chi connectivity index (χ0v) is 11.1. The number of rotatable bonds is 1. The van der Waals surface area contributed by atoms with E-state index in [9.17, 15) is 0 Å². The molecular formula is C15H9ClN4. The molecule has 2 aromatic rings. The Hall–Kier alpha value is -2.64. The van der Waals surface area contributed by atoms with Crippen molar-refractivity contribution >= 4 is 29.0 Å². The van der Waals surface area contributed by atoms with E-state index in [0.717, 1.165) is 11.1 Å². The highest BCUT2D eigenvalue weighted by atomic mass is 35.5. The number of aliphatic imine (C=N–C) groups is 2. The third kappa shape index (κ3) is 2.04. The fourth-order valence-corrected chi connectivity index (χ4v) is 2.16. The molecule has 5 heteroatoms. The van der Waals surface area contributed by atoms with E-state index in [4.69, 9.17) is 22.6 Å². The van der Waals surface area contributed by atoms with Gasteiger partial charge in [-0.15, -0.1) is 0 Å². The Balaban J connectivity index is 2.14. The van der Waals surface area contributed by atoms with Crippen LogP contribution >= 0.6 is 11.6 Å². The summed E-state index contributed by atoms with van der Waals surface area (Å²) in [4.78, 5) is 8.68. The number of amidine groups is 2. The molecular weight excluding hydrogens is 272 g/mol. The van der Waals surface area contributed by atoms with Crippen LogP contribution in [0.5, 0.6) is 0 Å². The molecule has 0 bridgehead atoms. The van der Waals surface area contributed by atoms with E-state index >= 15 is 0 Å². The first-order valence-electron chi connectivity index (χ1n) is 5.91. The van der Waals surface area contributed by atoms with Crippen LogP contribution in [0.2, 0.25) is 5.02 Å². The van der Waals surface area contributed by atoms with Gasteiger partial charge in [0, 0.05) is 11.1 Å². The van der Waals surface area contributed by atoms with Crippen molar-refractivity contribution in [1.29, 1.82) is 5.26 Å². The van der Waals surface area contributed by atoms with Gasteiger partial charge in [-0.05, 0) is 18.2 Å². The minimum Gasteiger partial charge on any atom is -0.383 e. The number of hydrogen-bond donors (Lipinski definition) is 1. The standard InChI is InChI=1S/C15H9ClN4/c16-12-6-5-9(8-17)7-13(12)19-15-11-4-2-1-3-10(11)14(18)20-15/h1-7H,(H2,18,19,20). The van der Waals surface area contributed by atoms with Crippen LogP contribution in [0.1, 0.15) is 16.7 Å². The van der Waals surface area contributed by atoms with Crippen molar-refractivity contribution in [2.75, 3.05) is 0 Å². The van der Waals surface area contributed by atoms with Gasteiger partial charge in [0.1, 0.15) is 5.84 Å². The van der Waals surface area contributed by atoms with Crippen LogP contribution in [0.25, 0.3) is 0 Å². The van der Waals surface area contributed by atoms with Crippen molar-refractivity contribution in [1.82, 2.24) is 0 Å². The summed E-state index contributed by atoms with van der Waals surface area (Å²) >= 11 is 6.10. The van der Waals surface area contributed by atoms with Gasteiger partial charge in [-0.2, -0.15) is 5.26 Å². The topological polar surface area (TPSA) is 74.5 Å². The van der Waals surface area contributed by atoms with Gasteiger partial charge in [-0.25, -0.2) is 9.98 Å². The molecule has 0 radical (unpaired) electrons. The first-order chi connectivity index (χ1) is 9.69. The summed E-state index contributed by atoms with van der Waals surface area (Å²) in [5.74, 6) is 0.946. The Morgan fingerprint density at radius 2 is 1.90 bits per heavy atom. The molecule has 0 amide bonds. The highest BCUT2D eigenvalue weighted by molar-refractivity contribution is 6.33. The van der Waals surface area contributed by atoms with Gasteiger partial charge in [0.15, 0.2) is 5.84 Å². The fourth-order valence-electron chi connectivity index (χ4n) is 2.00. The summed E-state index contributed by atoms with van der Waals surface area (Å²) in [6.45, 7) is 0. The minimum absolute atomic E-state index is 0.437. The summed E-state index contributed by atoms with van der Waals surface area (Å²) in [5, 5.41) is 9.39. The van der Waals surface area contributed by atoms with Crippen molar-refractivity contribution < 1.29 is 0 Å². The van der Waals surface area contributed by atoms with E-state index in [2.05, 4.69) is 16.1 Å². The second-order valence-electron chi connectivity index (χ2n) is 4.26. The fraction of sp³-hybridized carbons (Fsp3) is 0. The second kappa shape index (κ2) is 4.80. The van der Waals surface area contributed by atoms with E-state index in [1.54, 1.807) is 18.2 Å². The Morgan fingerprint density at radius 1 is 1.15 bits per heavy atom. The highest BCUT2D eigenvalue weighted by Crippen LogP contribution is 2.28. The molecule has 2 N–H and O–H groups in total. The lowest BCUT2D eigenvalue weighted by atomic mass is 10.1. The van der Waals surface area contributed by atoms with Gasteiger partial charge >= 0.3 is 0 Å². The zero-order valence-electron chi connectivity index (χ0n) is 10.3. The molecule has 3 rings (SSSR count). The molecule has 2 aromatic carbocycles. The smallest absolute Gasteiger partial charge is 0.162 e. The summed E-state index contributed by atoms with van der Waals surface area (Å²) in [7, 11) is 0. The minimum atomic E-state index is 0.437. The molecule has 0 saturated carbocycles. The predicted octanol–water partition coefficient (Wildman–Crippen LogP) is 3.01. The lowest BCUT2D eigenvalue weighted by molar-refractivity contribution is 1.43. The summed E-state index contributed by atoms with van der Waals surface area (Å²) < 4.78 is 0. The van der Waals surface area contributed by atoms with Gasteiger partial charge in [-0.3, -0.25) is 0 Å². The third-order valence-electron chi connectivity index (χ3n) is 2.97. The number of nitrogens with two attached hydrogens (primary N) is 1. The molecule has 0 unspecified atom stereocenters. The lowest BCUT2D eigenvalue weighted by Crippen LogP contribution is -2.09. The van der Waals surface area contributed by atoms with E-state index in [-0.39, 0.29) is 0 Å². The Kier molecular flexibility index (Phi) is 2.97. The van der Waals surface area contributed by atoms with Crippen LogP contribution in [0.15, 0.2) is 52.4 Å². The number of benzene rings is 2. The molecule has 1 aliphatic heterocycles. The van der Waals surface area contributed by atoms with Crippen LogP contribution in [0.3, 0.4) is 0 Å². The maximum absolute atomic E-state index is 8.92. The number of halogens is 1. The quantitative estimate of drug-likeness (QED) is 0.872. The second-order valence-corrected chi connectivity index (χ2v) is 4.66. The maximum Gasteiger partial charge on any atom is 0.162 e. The summed E-state index contributed by atoms with van der Waals surface area (Å²) in [6, 6.07) is 14.6. The van der Waals surface area contributed by atoms with Gasteiger partial charge in [-0.1, -0.05) is 35.9 Å². The molecule has 0 aliphatic carbocycles. The highest BCUT2D eigenvalue weighted by Gasteiger charge is 2.19. The first-order valence-corrected chi connectivity index (χ1v) is 6.29. The molecule has 96 valence electrons. The van der Waals surface area contributed by atoms with E-state index < -0.39 is 0 Å². The van der Waals surface area contributed by atoms with Crippen molar-refractivity contribution in [2.24, 2.45) is 15.7 Å². The largest absolute Gasteiger partial charge is 0.383 e. The monoisotopic (exact) mass is 280 g/mol. The molecule has 0 spiro atoms. The molecule has 20 heavy (non-hydrogen) atoms. The lowest BCUT2D eigenvalue weighted by Gasteiger charge is -2.01. The number of fused-ring (bicyclic) bond motifs is 1. The van der Waals surface area contributed by atoms with E-state index in [1.807, 2.05) is 24.3 Å². The predicted molar refractivity (Wildman–Crippen MR) is 79.5 cm³/mol. The van der Waals surface area contributed by atoms with Crippen molar-refractivity contribution in [3.8, 4) is 6.07 Å². The summed E-state index contributed by atoms with van der Waals surface area (Å²) in [5.41, 5.74) is 8.60. The molecule has 4 nitrogen and oxygen atoms in total. The Morgan fingerprint density at radius 3 is 2.65 bits per heavy atom. The van der Waals surface area contributed by atoms with Crippen LogP contribution in [0.4, 0.5) is 5.69 Å². The molecule has 0 aromatic heterocycles. The van der Waals surface area contributed by atoms with Crippen molar-refractivity contribution in [3.05, 3.63) is 64.2 Å². The molecule has 0 atom stereocenters. The number of nitriles is 1. The Labute approximate surface area is 120 Å².